The lowest BCUT2D eigenvalue weighted by Gasteiger charge is -2.33. The molecule has 1 saturated heterocycles. The third-order valence-corrected chi connectivity index (χ3v) is 5.39. The van der Waals surface area contributed by atoms with Gasteiger partial charge in [-0.25, -0.2) is 0 Å². The van der Waals surface area contributed by atoms with Gasteiger partial charge in [-0.2, -0.15) is 5.26 Å². The molecule has 1 aliphatic heterocycles. The first-order valence-corrected chi connectivity index (χ1v) is 10.7. The van der Waals surface area contributed by atoms with Gasteiger partial charge in [-0.1, -0.05) is 12.8 Å². The number of unbranched alkanes of at least 4 members (excludes halogenated alkanes) is 4. The Morgan fingerprint density at radius 1 is 0.778 bits per heavy atom. The van der Waals surface area contributed by atoms with Crippen molar-refractivity contribution in [3.05, 3.63) is 0 Å². The highest BCUT2D eigenvalue weighted by molar-refractivity contribution is 4.90. The second-order valence-electron chi connectivity index (χ2n) is 8.33. The molecule has 0 aromatic rings. The summed E-state index contributed by atoms with van der Waals surface area (Å²) in [7, 11) is 2.03. The summed E-state index contributed by atoms with van der Waals surface area (Å²) in [6, 6.07) is 2.22. The third kappa shape index (κ3) is 11.6. The van der Waals surface area contributed by atoms with Gasteiger partial charge in [0, 0.05) is 69.9 Å². The molecule has 1 rings (SSSR count). The molecule has 0 aliphatic carbocycles. The maximum atomic E-state index is 8.59. The van der Waals surface area contributed by atoms with E-state index in [2.05, 4.69) is 51.8 Å². The van der Waals surface area contributed by atoms with Gasteiger partial charge in [0.1, 0.15) is 0 Å². The van der Waals surface area contributed by atoms with Gasteiger partial charge in [0.15, 0.2) is 0 Å². The van der Waals surface area contributed by atoms with Crippen LogP contribution in [0.4, 0.5) is 0 Å². The van der Waals surface area contributed by atoms with Gasteiger partial charge < -0.3 is 31.9 Å². The minimum Gasteiger partial charge on any atom is -0.314 e. The summed E-state index contributed by atoms with van der Waals surface area (Å²) in [5.41, 5.74) is 0.129. The van der Waals surface area contributed by atoms with E-state index in [0.717, 1.165) is 71.7 Å². The summed E-state index contributed by atoms with van der Waals surface area (Å²) in [5, 5.41) is 30.1. The molecule has 0 saturated carbocycles. The molecule has 0 amide bonds. The number of rotatable bonds is 8. The van der Waals surface area contributed by atoms with Crippen LogP contribution in [-0.4, -0.2) is 77.0 Å². The Morgan fingerprint density at radius 2 is 1.26 bits per heavy atom. The lowest BCUT2D eigenvalue weighted by atomic mass is 10.0. The summed E-state index contributed by atoms with van der Waals surface area (Å²) in [4.78, 5) is 0. The number of nitriles is 1. The zero-order valence-electron chi connectivity index (χ0n) is 17.8. The standard InChI is InChI=1S/C20H43N7/c1-19(22-3)15-23-11-13-25-17-20(2,18-26-14-12-24-16-19)27-10-8-6-4-5-7-9-21/h22-27H,4-8,10-18H2,1-3H3. The Morgan fingerprint density at radius 3 is 1.74 bits per heavy atom. The second kappa shape index (κ2) is 14.3. The smallest absolute Gasteiger partial charge is 0.0621 e. The maximum absolute atomic E-state index is 8.59. The van der Waals surface area contributed by atoms with Gasteiger partial charge in [0.2, 0.25) is 0 Å². The van der Waals surface area contributed by atoms with Crippen LogP contribution in [0.25, 0.3) is 0 Å². The number of likely N-dealkylation sites (N-methyl/N-ethyl adjacent to an activating group) is 1. The van der Waals surface area contributed by atoms with Crippen molar-refractivity contribution in [1.82, 2.24) is 31.9 Å². The molecule has 7 nitrogen and oxygen atoms in total. The third-order valence-electron chi connectivity index (χ3n) is 5.39. The van der Waals surface area contributed by atoms with Crippen molar-refractivity contribution in [2.75, 3.05) is 66.0 Å². The van der Waals surface area contributed by atoms with Crippen molar-refractivity contribution >= 4 is 0 Å². The fourth-order valence-electron chi connectivity index (χ4n) is 3.31. The molecule has 6 N–H and O–H groups in total. The van der Waals surface area contributed by atoms with E-state index in [9.17, 15) is 0 Å². The molecule has 0 bridgehead atoms. The minimum absolute atomic E-state index is 0.0518. The molecular formula is C20H43N7. The average Bonchev–Trinajstić information content (AvgIpc) is 2.66. The normalized spacial score (nSPS) is 29.0. The zero-order chi connectivity index (χ0) is 19.8. The first-order chi connectivity index (χ1) is 13.0. The quantitative estimate of drug-likeness (QED) is 0.333. The molecule has 0 unspecified atom stereocenters. The van der Waals surface area contributed by atoms with Crippen LogP contribution in [0.3, 0.4) is 0 Å². The molecule has 158 valence electrons. The molecule has 7 heteroatoms. The van der Waals surface area contributed by atoms with Gasteiger partial charge in [0.05, 0.1) is 6.07 Å². The Kier molecular flexibility index (Phi) is 12.8. The van der Waals surface area contributed by atoms with E-state index >= 15 is 0 Å². The maximum Gasteiger partial charge on any atom is 0.0621 e. The molecular weight excluding hydrogens is 338 g/mol. The Labute approximate surface area is 166 Å². The molecule has 27 heavy (non-hydrogen) atoms. The van der Waals surface area contributed by atoms with Crippen molar-refractivity contribution < 1.29 is 0 Å². The van der Waals surface area contributed by atoms with Crippen molar-refractivity contribution in [2.24, 2.45) is 0 Å². The molecule has 0 spiro atoms. The van der Waals surface area contributed by atoms with E-state index < -0.39 is 0 Å². The molecule has 0 aromatic heterocycles. The zero-order valence-corrected chi connectivity index (χ0v) is 17.8. The van der Waals surface area contributed by atoms with E-state index in [4.69, 9.17) is 5.26 Å². The van der Waals surface area contributed by atoms with Crippen LogP contribution in [0, 0.1) is 11.3 Å². The van der Waals surface area contributed by atoms with Crippen LogP contribution < -0.4 is 31.9 Å². The van der Waals surface area contributed by atoms with Gasteiger partial charge in [-0.15, -0.1) is 0 Å². The molecule has 0 atom stereocenters. The second-order valence-corrected chi connectivity index (χ2v) is 8.33. The number of hydrogen-bond donors (Lipinski definition) is 6. The summed E-state index contributed by atoms with van der Waals surface area (Å²) >= 11 is 0. The highest BCUT2D eigenvalue weighted by Gasteiger charge is 2.24. The Bertz CT molecular complexity index is 392. The predicted molar refractivity (Wildman–Crippen MR) is 114 cm³/mol. The van der Waals surface area contributed by atoms with E-state index in [-0.39, 0.29) is 11.1 Å². The summed E-state index contributed by atoms with van der Waals surface area (Å²) in [6.45, 7) is 13.3. The average molecular weight is 382 g/mol. The van der Waals surface area contributed by atoms with Crippen molar-refractivity contribution in [3.8, 4) is 6.07 Å². The van der Waals surface area contributed by atoms with Gasteiger partial charge >= 0.3 is 0 Å². The number of hydrogen-bond acceptors (Lipinski definition) is 7. The molecule has 1 heterocycles. The fourth-order valence-corrected chi connectivity index (χ4v) is 3.31. The van der Waals surface area contributed by atoms with Crippen LogP contribution in [0.15, 0.2) is 0 Å². The number of nitrogens with zero attached hydrogens (tertiary/aromatic N) is 1. The van der Waals surface area contributed by atoms with Crippen LogP contribution in [0.1, 0.15) is 46.0 Å². The van der Waals surface area contributed by atoms with Crippen LogP contribution in [0.2, 0.25) is 0 Å². The molecule has 1 fully saturated rings. The van der Waals surface area contributed by atoms with Crippen LogP contribution in [0.5, 0.6) is 0 Å². The van der Waals surface area contributed by atoms with E-state index in [1.807, 2.05) is 7.05 Å². The van der Waals surface area contributed by atoms with E-state index in [1.54, 1.807) is 0 Å². The summed E-state index contributed by atoms with van der Waals surface area (Å²) in [6.07, 6.45) is 5.25. The van der Waals surface area contributed by atoms with Crippen LogP contribution in [-0.2, 0) is 0 Å². The van der Waals surface area contributed by atoms with E-state index in [0.29, 0.717) is 6.42 Å². The Hall–Kier alpha value is -0.750. The fraction of sp³-hybridized carbons (Fsp3) is 0.950. The van der Waals surface area contributed by atoms with Crippen molar-refractivity contribution in [1.29, 1.82) is 5.26 Å². The highest BCUT2D eigenvalue weighted by atomic mass is 15.1. The predicted octanol–water partition coefficient (Wildman–Crippen LogP) is 0.159. The topological polar surface area (TPSA) is 96.0 Å². The molecule has 0 radical (unpaired) electrons. The molecule has 0 aromatic carbocycles. The van der Waals surface area contributed by atoms with Gasteiger partial charge in [-0.3, -0.25) is 0 Å². The SMILES string of the molecule is CNC1(C)CNCCNCC(C)(NCCCCCCC#N)CNCCNC1. The first-order valence-electron chi connectivity index (χ1n) is 10.7. The highest BCUT2D eigenvalue weighted by Crippen LogP contribution is 2.05. The first kappa shape index (κ1) is 24.3. The number of nitrogens with one attached hydrogen (secondary N) is 6. The van der Waals surface area contributed by atoms with Crippen molar-refractivity contribution in [2.45, 2.75) is 57.0 Å². The summed E-state index contributed by atoms with van der Waals surface area (Å²) in [5.74, 6) is 0. The lowest BCUT2D eigenvalue weighted by Crippen LogP contribution is -2.59. The lowest BCUT2D eigenvalue weighted by molar-refractivity contribution is 0.303. The molecule has 1 aliphatic rings. The van der Waals surface area contributed by atoms with Crippen LogP contribution >= 0.6 is 0 Å². The van der Waals surface area contributed by atoms with Gasteiger partial charge in [-0.05, 0) is 40.3 Å². The summed E-state index contributed by atoms with van der Waals surface area (Å²) < 4.78 is 0. The van der Waals surface area contributed by atoms with Crippen molar-refractivity contribution in [3.63, 3.8) is 0 Å². The van der Waals surface area contributed by atoms with E-state index in [1.165, 1.54) is 12.8 Å². The monoisotopic (exact) mass is 381 g/mol. The largest absolute Gasteiger partial charge is 0.314 e. The Balaban J connectivity index is 2.35. The van der Waals surface area contributed by atoms with Gasteiger partial charge in [0.25, 0.3) is 0 Å². The minimum atomic E-state index is 0.0518.